The first-order valence-corrected chi connectivity index (χ1v) is 5.92. The molecule has 0 bridgehead atoms. The molecule has 19 heavy (non-hydrogen) atoms. The Bertz CT molecular complexity index is 575. The van der Waals surface area contributed by atoms with E-state index < -0.39 is 6.04 Å². The summed E-state index contributed by atoms with van der Waals surface area (Å²) in [5.41, 5.74) is 1.61. The van der Waals surface area contributed by atoms with Crippen molar-refractivity contribution in [2.75, 3.05) is 0 Å². The maximum absolute atomic E-state index is 11.9. The SMILES string of the molecule is N#CC(NC(=O)Cc1ccccc1)c1cccnc1. The largest absolute Gasteiger partial charge is 0.336 e. The Morgan fingerprint density at radius 3 is 2.68 bits per heavy atom. The van der Waals surface area contributed by atoms with E-state index in [1.54, 1.807) is 24.5 Å². The molecule has 1 amide bonds. The van der Waals surface area contributed by atoms with Crippen LogP contribution >= 0.6 is 0 Å². The van der Waals surface area contributed by atoms with Crippen molar-refractivity contribution >= 4 is 5.91 Å². The second kappa shape index (κ2) is 6.31. The van der Waals surface area contributed by atoms with Crippen molar-refractivity contribution in [3.63, 3.8) is 0 Å². The van der Waals surface area contributed by atoms with Gasteiger partial charge in [-0.3, -0.25) is 9.78 Å². The Kier molecular flexibility index (Phi) is 4.25. The van der Waals surface area contributed by atoms with Gasteiger partial charge >= 0.3 is 0 Å². The topological polar surface area (TPSA) is 65.8 Å². The quantitative estimate of drug-likeness (QED) is 0.903. The zero-order valence-corrected chi connectivity index (χ0v) is 10.3. The van der Waals surface area contributed by atoms with E-state index in [9.17, 15) is 4.79 Å². The van der Waals surface area contributed by atoms with Gasteiger partial charge in [0.1, 0.15) is 6.04 Å². The van der Waals surface area contributed by atoms with Gasteiger partial charge in [0.25, 0.3) is 0 Å². The zero-order valence-electron chi connectivity index (χ0n) is 10.3. The summed E-state index contributed by atoms with van der Waals surface area (Å²) in [4.78, 5) is 15.8. The minimum atomic E-state index is -0.662. The maximum Gasteiger partial charge on any atom is 0.225 e. The molecule has 0 aliphatic heterocycles. The fraction of sp³-hybridized carbons (Fsp3) is 0.133. The number of amides is 1. The number of nitrogens with one attached hydrogen (secondary N) is 1. The fourth-order valence-electron chi connectivity index (χ4n) is 1.73. The molecule has 0 saturated carbocycles. The van der Waals surface area contributed by atoms with E-state index in [4.69, 9.17) is 5.26 Å². The molecule has 1 aromatic heterocycles. The molecule has 0 spiro atoms. The molecule has 2 aromatic rings. The van der Waals surface area contributed by atoms with Crippen LogP contribution in [0.25, 0.3) is 0 Å². The molecule has 1 N–H and O–H groups in total. The summed E-state index contributed by atoms with van der Waals surface area (Å²) < 4.78 is 0. The van der Waals surface area contributed by atoms with Crippen LogP contribution in [0.5, 0.6) is 0 Å². The predicted octanol–water partition coefficient (Wildman–Crippen LogP) is 2.01. The van der Waals surface area contributed by atoms with Gasteiger partial charge in [-0.05, 0) is 11.6 Å². The summed E-state index contributed by atoms with van der Waals surface area (Å²) >= 11 is 0. The summed E-state index contributed by atoms with van der Waals surface area (Å²) in [5.74, 6) is -0.179. The highest BCUT2D eigenvalue weighted by molar-refractivity contribution is 5.79. The molecule has 94 valence electrons. The van der Waals surface area contributed by atoms with Gasteiger partial charge in [-0.25, -0.2) is 0 Å². The number of benzene rings is 1. The minimum absolute atomic E-state index is 0.179. The summed E-state index contributed by atoms with van der Waals surface area (Å²) in [6.07, 6.45) is 3.47. The predicted molar refractivity (Wildman–Crippen MR) is 70.9 cm³/mol. The summed E-state index contributed by atoms with van der Waals surface area (Å²) in [6, 6.07) is 14.3. The Balaban J connectivity index is 2.00. The highest BCUT2D eigenvalue weighted by Gasteiger charge is 2.13. The molecular formula is C15H13N3O. The van der Waals surface area contributed by atoms with Crippen LogP contribution in [-0.4, -0.2) is 10.9 Å². The minimum Gasteiger partial charge on any atom is -0.336 e. The molecule has 4 nitrogen and oxygen atoms in total. The number of nitriles is 1. The lowest BCUT2D eigenvalue weighted by molar-refractivity contribution is -0.120. The monoisotopic (exact) mass is 251 g/mol. The molecule has 2 rings (SSSR count). The molecule has 0 fully saturated rings. The molecule has 0 aliphatic carbocycles. The van der Waals surface area contributed by atoms with Crippen molar-refractivity contribution in [2.45, 2.75) is 12.5 Å². The molecule has 0 radical (unpaired) electrons. The third-order valence-corrected chi connectivity index (χ3v) is 2.66. The number of aromatic nitrogens is 1. The molecule has 1 aromatic carbocycles. The van der Waals surface area contributed by atoms with Crippen LogP contribution in [0.1, 0.15) is 17.2 Å². The second-order valence-electron chi connectivity index (χ2n) is 4.08. The molecule has 1 unspecified atom stereocenters. The standard InChI is InChI=1S/C15H13N3O/c16-10-14(13-7-4-8-17-11-13)18-15(19)9-12-5-2-1-3-6-12/h1-8,11,14H,9H2,(H,18,19). The van der Waals surface area contributed by atoms with E-state index >= 15 is 0 Å². The zero-order chi connectivity index (χ0) is 13.5. The summed E-state index contributed by atoms with van der Waals surface area (Å²) in [6.45, 7) is 0. The highest BCUT2D eigenvalue weighted by Crippen LogP contribution is 2.10. The average Bonchev–Trinajstić information content (AvgIpc) is 2.47. The van der Waals surface area contributed by atoms with Crippen LogP contribution in [0, 0.1) is 11.3 Å². The van der Waals surface area contributed by atoms with E-state index in [1.807, 2.05) is 30.3 Å². The Hall–Kier alpha value is -2.67. The van der Waals surface area contributed by atoms with Gasteiger partial charge < -0.3 is 5.32 Å². The molecule has 0 saturated heterocycles. The number of nitrogens with zero attached hydrogens (tertiary/aromatic N) is 2. The number of pyridine rings is 1. The number of carbonyl (C=O) groups is 1. The van der Waals surface area contributed by atoms with Crippen LogP contribution in [0.4, 0.5) is 0 Å². The third kappa shape index (κ3) is 3.65. The van der Waals surface area contributed by atoms with Gasteiger partial charge in [0.15, 0.2) is 0 Å². The molecule has 1 heterocycles. The van der Waals surface area contributed by atoms with E-state index in [0.29, 0.717) is 5.56 Å². The van der Waals surface area contributed by atoms with Crippen molar-refractivity contribution in [3.05, 3.63) is 66.0 Å². The molecule has 4 heteroatoms. The Morgan fingerprint density at radius 2 is 2.05 bits per heavy atom. The highest BCUT2D eigenvalue weighted by atomic mass is 16.1. The van der Waals surface area contributed by atoms with Crippen molar-refractivity contribution < 1.29 is 4.79 Å². The third-order valence-electron chi connectivity index (χ3n) is 2.66. The average molecular weight is 251 g/mol. The second-order valence-corrected chi connectivity index (χ2v) is 4.08. The lowest BCUT2D eigenvalue weighted by atomic mass is 10.1. The van der Waals surface area contributed by atoms with Gasteiger partial charge in [0, 0.05) is 18.0 Å². The lowest BCUT2D eigenvalue weighted by Crippen LogP contribution is -2.29. The van der Waals surface area contributed by atoms with Crippen molar-refractivity contribution in [3.8, 4) is 6.07 Å². The van der Waals surface area contributed by atoms with Crippen LogP contribution in [0.2, 0.25) is 0 Å². The Labute approximate surface area is 111 Å². The van der Waals surface area contributed by atoms with Crippen molar-refractivity contribution in [1.29, 1.82) is 5.26 Å². The number of hydrogen-bond acceptors (Lipinski definition) is 3. The van der Waals surface area contributed by atoms with Crippen LogP contribution in [0.3, 0.4) is 0 Å². The summed E-state index contributed by atoms with van der Waals surface area (Å²) in [5, 5.41) is 11.8. The number of rotatable bonds is 4. The van der Waals surface area contributed by atoms with Gasteiger partial charge in [-0.1, -0.05) is 36.4 Å². The van der Waals surface area contributed by atoms with Crippen molar-refractivity contribution in [2.24, 2.45) is 0 Å². The van der Waals surface area contributed by atoms with E-state index in [1.165, 1.54) is 0 Å². The molecule has 1 atom stereocenters. The number of carbonyl (C=O) groups excluding carboxylic acids is 1. The Morgan fingerprint density at radius 1 is 1.26 bits per heavy atom. The fourth-order valence-corrected chi connectivity index (χ4v) is 1.73. The first-order chi connectivity index (χ1) is 9.29. The first-order valence-electron chi connectivity index (χ1n) is 5.92. The van der Waals surface area contributed by atoms with Gasteiger partial charge in [-0.2, -0.15) is 5.26 Å². The lowest BCUT2D eigenvalue weighted by Gasteiger charge is -2.11. The van der Waals surface area contributed by atoms with E-state index in [0.717, 1.165) is 5.56 Å². The van der Waals surface area contributed by atoms with Crippen LogP contribution in [-0.2, 0) is 11.2 Å². The first kappa shape index (κ1) is 12.8. The van der Waals surface area contributed by atoms with Crippen LogP contribution in [0.15, 0.2) is 54.9 Å². The van der Waals surface area contributed by atoms with E-state index in [-0.39, 0.29) is 12.3 Å². The molecular weight excluding hydrogens is 238 g/mol. The van der Waals surface area contributed by atoms with Gasteiger partial charge in [-0.15, -0.1) is 0 Å². The van der Waals surface area contributed by atoms with Crippen LogP contribution < -0.4 is 5.32 Å². The number of hydrogen-bond donors (Lipinski definition) is 1. The van der Waals surface area contributed by atoms with E-state index in [2.05, 4.69) is 16.4 Å². The summed E-state index contributed by atoms with van der Waals surface area (Å²) in [7, 11) is 0. The normalized spacial score (nSPS) is 11.3. The van der Waals surface area contributed by atoms with Gasteiger partial charge in [0.05, 0.1) is 12.5 Å². The maximum atomic E-state index is 11.9. The van der Waals surface area contributed by atoms with Gasteiger partial charge in [0.2, 0.25) is 5.91 Å². The van der Waals surface area contributed by atoms with Crippen molar-refractivity contribution in [1.82, 2.24) is 10.3 Å². The smallest absolute Gasteiger partial charge is 0.225 e. The molecule has 0 aliphatic rings.